The summed E-state index contributed by atoms with van der Waals surface area (Å²) in [6.45, 7) is 0. The van der Waals surface area contributed by atoms with Crippen LogP contribution in [0.4, 0.5) is 4.79 Å². The summed E-state index contributed by atoms with van der Waals surface area (Å²) in [5.74, 6) is -0.0487. The standard InChI is InChI=1S/C27H32N2O2/c30-25-27(21-13-5-1-6-14-21,22-15-7-2-8-16-22)29(24-19-11-4-12-20-24)26(31)28(25)23-17-9-3-10-18-23/h1-2,5-8,13-16,23-24H,3-4,9-12,17-20H2. The molecule has 0 N–H and O–H groups in total. The van der Waals surface area contributed by atoms with E-state index in [1.165, 1.54) is 12.8 Å². The van der Waals surface area contributed by atoms with Gasteiger partial charge in [0.15, 0.2) is 5.54 Å². The Bertz CT molecular complexity index is 875. The maximum Gasteiger partial charge on any atom is 0.328 e. The number of rotatable bonds is 4. The molecule has 0 atom stereocenters. The third-order valence-electron chi connectivity index (χ3n) is 7.56. The van der Waals surface area contributed by atoms with Gasteiger partial charge in [-0.25, -0.2) is 4.79 Å². The fourth-order valence-electron chi connectivity index (χ4n) is 6.10. The lowest BCUT2D eigenvalue weighted by atomic mass is 9.78. The molecule has 0 unspecified atom stereocenters. The van der Waals surface area contributed by atoms with Crippen LogP contribution in [0.5, 0.6) is 0 Å². The Hall–Kier alpha value is -2.62. The van der Waals surface area contributed by atoms with Crippen molar-refractivity contribution in [2.24, 2.45) is 0 Å². The lowest BCUT2D eigenvalue weighted by molar-refractivity contribution is -0.134. The second-order valence-corrected chi connectivity index (χ2v) is 9.35. The Morgan fingerprint density at radius 1 is 0.613 bits per heavy atom. The molecular weight excluding hydrogens is 384 g/mol. The SMILES string of the molecule is O=C1N(C2CCCCC2)C(=O)C(c2ccccc2)(c2ccccc2)N1C1CCCCC1. The molecule has 0 bridgehead atoms. The highest BCUT2D eigenvalue weighted by molar-refractivity contribution is 6.10. The number of imide groups is 1. The van der Waals surface area contributed by atoms with E-state index in [1.54, 1.807) is 4.90 Å². The zero-order valence-electron chi connectivity index (χ0n) is 18.2. The minimum atomic E-state index is -1.07. The van der Waals surface area contributed by atoms with E-state index in [0.29, 0.717) is 0 Å². The third-order valence-corrected chi connectivity index (χ3v) is 7.56. The Morgan fingerprint density at radius 3 is 1.55 bits per heavy atom. The number of carbonyl (C=O) groups excluding carboxylic acids is 2. The van der Waals surface area contributed by atoms with Crippen molar-refractivity contribution in [3.63, 3.8) is 0 Å². The van der Waals surface area contributed by atoms with Crippen LogP contribution < -0.4 is 0 Å². The van der Waals surface area contributed by atoms with Crippen molar-refractivity contribution in [3.05, 3.63) is 71.8 Å². The van der Waals surface area contributed by atoms with Gasteiger partial charge < -0.3 is 0 Å². The summed E-state index contributed by atoms with van der Waals surface area (Å²) in [4.78, 5) is 32.2. The van der Waals surface area contributed by atoms with Crippen molar-refractivity contribution in [1.29, 1.82) is 0 Å². The van der Waals surface area contributed by atoms with E-state index >= 15 is 0 Å². The lowest BCUT2D eigenvalue weighted by Crippen LogP contribution is -2.53. The fraction of sp³-hybridized carbons (Fsp3) is 0.481. The van der Waals surface area contributed by atoms with Crippen LogP contribution in [0.1, 0.15) is 75.3 Å². The van der Waals surface area contributed by atoms with Crippen molar-refractivity contribution in [3.8, 4) is 0 Å². The van der Waals surface area contributed by atoms with Crippen LogP contribution in [0.3, 0.4) is 0 Å². The Balaban J connectivity index is 1.71. The number of urea groups is 1. The Morgan fingerprint density at radius 2 is 1.06 bits per heavy atom. The first-order valence-electron chi connectivity index (χ1n) is 12.0. The van der Waals surface area contributed by atoms with Crippen LogP contribution in [0, 0.1) is 0 Å². The second-order valence-electron chi connectivity index (χ2n) is 9.35. The third kappa shape index (κ3) is 3.28. The molecule has 2 aromatic rings. The summed E-state index contributed by atoms with van der Waals surface area (Å²) >= 11 is 0. The van der Waals surface area contributed by atoms with E-state index < -0.39 is 5.54 Å². The highest BCUT2D eigenvalue weighted by Crippen LogP contribution is 2.48. The van der Waals surface area contributed by atoms with Crippen LogP contribution in [0.2, 0.25) is 0 Å². The fourth-order valence-corrected chi connectivity index (χ4v) is 6.10. The van der Waals surface area contributed by atoms with Crippen molar-refractivity contribution >= 4 is 11.9 Å². The monoisotopic (exact) mass is 416 g/mol. The quantitative estimate of drug-likeness (QED) is 0.586. The number of benzene rings is 2. The maximum absolute atomic E-state index is 14.5. The van der Waals surface area contributed by atoms with Crippen LogP contribution in [0.15, 0.2) is 60.7 Å². The van der Waals surface area contributed by atoms with Gasteiger partial charge in [-0.3, -0.25) is 14.6 Å². The van der Waals surface area contributed by atoms with Gasteiger partial charge >= 0.3 is 6.03 Å². The van der Waals surface area contributed by atoms with Crippen molar-refractivity contribution < 1.29 is 9.59 Å². The molecule has 3 fully saturated rings. The lowest BCUT2D eigenvalue weighted by Gasteiger charge is -2.42. The first-order chi connectivity index (χ1) is 15.2. The molecule has 1 heterocycles. The van der Waals surface area contributed by atoms with Gasteiger partial charge in [0.05, 0.1) is 0 Å². The molecule has 2 aliphatic carbocycles. The van der Waals surface area contributed by atoms with Gasteiger partial charge in [0, 0.05) is 12.1 Å². The van der Waals surface area contributed by atoms with Gasteiger partial charge in [-0.2, -0.15) is 0 Å². The molecule has 3 amide bonds. The number of amides is 3. The average Bonchev–Trinajstić information content (AvgIpc) is 3.08. The predicted molar refractivity (Wildman–Crippen MR) is 121 cm³/mol. The molecule has 0 aromatic heterocycles. The van der Waals surface area contributed by atoms with Crippen molar-refractivity contribution in [1.82, 2.24) is 9.80 Å². The highest BCUT2D eigenvalue weighted by atomic mass is 16.2. The van der Waals surface area contributed by atoms with E-state index in [4.69, 9.17) is 0 Å². The molecule has 2 saturated carbocycles. The zero-order valence-corrected chi connectivity index (χ0v) is 18.2. The first kappa shape index (κ1) is 20.3. The molecule has 3 aliphatic rings. The predicted octanol–water partition coefficient (Wildman–Crippen LogP) is 5.86. The van der Waals surface area contributed by atoms with Gasteiger partial charge in [-0.05, 0) is 36.8 Å². The average molecular weight is 417 g/mol. The molecular formula is C27H32N2O2. The first-order valence-corrected chi connectivity index (χ1v) is 12.0. The Labute approximate surface area is 185 Å². The van der Waals surface area contributed by atoms with Gasteiger partial charge in [0.1, 0.15) is 0 Å². The summed E-state index contributed by atoms with van der Waals surface area (Å²) < 4.78 is 0. The minimum Gasteiger partial charge on any atom is -0.298 e. The smallest absolute Gasteiger partial charge is 0.298 e. The van der Waals surface area contributed by atoms with Gasteiger partial charge in [0.25, 0.3) is 5.91 Å². The molecule has 1 saturated heterocycles. The largest absolute Gasteiger partial charge is 0.328 e. The van der Waals surface area contributed by atoms with E-state index in [-0.39, 0.29) is 24.0 Å². The summed E-state index contributed by atoms with van der Waals surface area (Å²) in [5, 5.41) is 0. The van der Waals surface area contributed by atoms with Gasteiger partial charge in [-0.15, -0.1) is 0 Å². The molecule has 0 spiro atoms. The summed E-state index contributed by atoms with van der Waals surface area (Å²) in [6, 6.07) is 20.1. The molecule has 5 rings (SSSR count). The summed E-state index contributed by atoms with van der Waals surface area (Å²) in [7, 11) is 0. The Kier molecular flexibility index (Phi) is 5.56. The highest BCUT2D eigenvalue weighted by Gasteiger charge is 2.62. The number of nitrogens with zero attached hydrogens (tertiary/aromatic N) is 2. The van der Waals surface area contributed by atoms with E-state index in [9.17, 15) is 9.59 Å². The molecule has 31 heavy (non-hydrogen) atoms. The number of carbonyl (C=O) groups is 2. The van der Waals surface area contributed by atoms with Crippen LogP contribution in [-0.4, -0.2) is 33.8 Å². The van der Waals surface area contributed by atoms with Crippen molar-refractivity contribution in [2.75, 3.05) is 0 Å². The summed E-state index contributed by atoms with van der Waals surface area (Å²) in [5.41, 5.74) is 0.742. The van der Waals surface area contributed by atoms with Crippen LogP contribution in [0.25, 0.3) is 0 Å². The van der Waals surface area contributed by atoms with E-state index in [2.05, 4.69) is 0 Å². The minimum absolute atomic E-state index is 0.0224. The van der Waals surface area contributed by atoms with Crippen molar-refractivity contribution in [2.45, 2.75) is 81.8 Å². The second kappa shape index (κ2) is 8.49. The zero-order chi connectivity index (χ0) is 21.3. The molecule has 162 valence electrons. The number of hydrogen-bond donors (Lipinski definition) is 0. The maximum atomic E-state index is 14.5. The van der Waals surface area contributed by atoms with E-state index in [0.717, 1.165) is 62.5 Å². The number of hydrogen-bond acceptors (Lipinski definition) is 2. The molecule has 1 aliphatic heterocycles. The normalized spacial score (nSPS) is 22.8. The van der Waals surface area contributed by atoms with Crippen LogP contribution >= 0.6 is 0 Å². The van der Waals surface area contributed by atoms with Gasteiger partial charge in [0.2, 0.25) is 0 Å². The summed E-state index contributed by atoms with van der Waals surface area (Å²) in [6.07, 6.45) is 10.6. The molecule has 4 heteroatoms. The molecule has 4 nitrogen and oxygen atoms in total. The van der Waals surface area contributed by atoms with Gasteiger partial charge in [-0.1, -0.05) is 99.2 Å². The van der Waals surface area contributed by atoms with Crippen LogP contribution in [-0.2, 0) is 10.3 Å². The molecule has 0 radical (unpaired) electrons. The topological polar surface area (TPSA) is 40.6 Å². The molecule has 2 aromatic carbocycles. The van der Waals surface area contributed by atoms with E-state index in [1.807, 2.05) is 65.6 Å².